The van der Waals surface area contributed by atoms with E-state index in [0.717, 1.165) is 12.1 Å². The number of nitro benzene ring substituents is 1. The molecule has 6 nitrogen and oxygen atoms in total. The predicted octanol–water partition coefficient (Wildman–Crippen LogP) is 3.19. The van der Waals surface area contributed by atoms with E-state index in [1.54, 1.807) is 24.4 Å². The summed E-state index contributed by atoms with van der Waals surface area (Å²) in [6, 6.07) is 5.65. The SMILES string of the molecule is CC(CC(=O)c1cccs1)NC(=O)c1ccc(F)cc1[N+](=O)[O-]. The minimum Gasteiger partial charge on any atom is -0.349 e. The Bertz CT molecular complexity index is 746. The first-order valence-corrected chi connectivity index (χ1v) is 7.58. The van der Waals surface area contributed by atoms with Gasteiger partial charge in [-0.1, -0.05) is 6.07 Å². The number of rotatable bonds is 6. The molecule has 1 N–H and O–H groups in total. The van der Waals surface area contributed by atoms with Crippen molar-refractivity contribution in [1.82, 2.24) is 5.32 Å². The number of thiophene rings is 1. The topological polar surface area (TPSA) is 89.3 Å². The lowest BCUT2D eigenvalue weighted by atomic mass is 10.1. The number of hydrogen-bond donors (Lipinski definition) is 1. The quantitative estimate of drug-likeness (QED) is 0.498. The number of carbonyl (C=O) groups excluding carboxylic acids is 2. The Labute approximate surface area is 135 Å². The van der Waals surface area contributed by atoms with Gasteiger partial charge in [0.05, 0.1) is 15.9 Å². The average Bonchev–Trinajstić information content (AvgIpc) is 3.00. The Kier molecular flexibility index (Phi) is 5.17. The van der Waals surface area contributed by atoms with Crippen LogP contribution in [0.5, 0.6) is 0 Å². The highest BCUT2D eigenvalue weighted by molar-refractivity contribution is 7.12. The summed E-state index contributed by atoms with van der Waals surface area (Å²) in [7, 11) is 0. The molecule has 0 aliphatic rings. The van der Waals surface area contributed by atoms with Gasteiger partial charge in [-0.3, -0.25) is 19.7 Å². The number of carbonyl (C=O) groups is 2. The molecular formula is C15H13FN2O4S. The largest absolute Gasteiger partial charge is 0.349 e. The zero-order chi connectivity index (χ0) is 17.0. The van der Waals surface area contributed by atoms with Gasteiger partial charge in [0.25, 0.3) is 11.6 Å². The second kappa shape index (κ2) is 7.10. The Morgan fingerprint density at radius 3 is 2.74 bits per heavy atom. The fourth-order valence-electron chi connectivity index (χ4n) is 2.02. The molecule has 0 saturated carbocycles. The van der Waals surface area contributed by atoms with Crippen LogP contribution in [0.1, 0.15) is 33.4 Å². The molecule has 1 aromatic heterocycles. The third kappa shape index (κ3) is 4.19. The van der Waals surface area contributed by atoms with E-state index in [0.29, 0.717) is 10.9 Å². The molecule has 0 spiro atoms. The van der Waals surface area contributed by atoms with E-state index in [1.165, 1.54) is 11.3 Å². The summed E-state index contributed by atoms with van der Waals surface area (Å²) in [5.41, 5.74) is -0.855. The number of hydrogen-bond acceptors (Lipinski definition) is 5. The van der Waals surface area contributed by atoms with Crippen LogP contribution in [-0.2, 0) is 0 Å². The smallest absolute Gasteiger partial charge is 0.285 e. The molecule has 8 heteroatoms. The summed E-state index contributed by atoms with van der Waals surface area (Å²) in [5.74, 6) is -1.64. The number of Topliss-reactive ketones (excluding diaryl/α,β-unsaturated/α-hetero) is 1. The van der Waals surface area contributed by atoms with Crippen molar-refractivity contribution in [2.45, 2.75) is 19.4 Å². The van der Waals surface area contributed by atoms with Gasteiger partial charge in [0, 0.05) is 12.5 Å². The Balaban J connectivity index is 2.07. The number of amides is 1. The molecule has 1 amide bonds. The predicted molar refractivity (Wildman–Crippen MR) is 83.2 cm³/mol. The van der Waals surface area contributed by atoms with E-state index >= 15 is 0 Å². The molecule has 1 heterocycles. The van der Waals surface area contributed by atoms with E-state index in [-0.39, 0.29) is 17.8 Å². The first-order valence-electron chi connectivity index (χ1n) is 6.70. The second-order valence-electron chi connectivity index (χ2n) is 4.90. The number of halogens is 1. The molecule has 1 aromatic carbocycles. The van der Waals surface area contributed by atoms with Crippen molar-refractivity contribution >= 4 is 28.7 Å². The number of nitro groups is 1. The van der Waals surface area contributed by atoms with Gasteiger partial charge < -0.3 is 5.32 Å². The number of nitrogens with one attached hydrogen (secondary N) is 1. The Hall–Kier alpha value is -2.61. The van der Waals surface area contributed by atoms with Crippen molar-refractivity contribution in [2.24, 2.45) is 0 Å². The van der Waals surface area contributed by atoms with Gasteiger partial charge >= 0.3 is 0 Å². The van der Waals surface area contributed by atoms with E-state index in [9.17, 15) is 24.1 Å². The maximum atomic E-state index is 13.1. The van der Waals surface area contributed by atoms with Crippen LogP contribution >= 0.6 is 11.3 Å². The van der Waals surface area contributed by atoms with Crippen LogP contribution in [0, 0.1) is 15.9 Å². The maximum absolute atomic E-state index is 13.1. The van der Waals surface area contributed by atoms with E-state index in [4.69, 9.17) is 0 Å². The van der Waals surface area contributed by atoms with Gasteiger partial charge in [-0.15, -0.1) is 11.3 Å². The van der Waals surface area contributed by atoms with Gasteiger partial charge in [-0.05, 0) is 30.5 Å². The molecule has 0 bridgehead atoms. The normalized spacial score (nSPS) is 11.7. The van der Waals surface area contributed by atoms with Gasteiger partial charge in [0.15, 0.2) is 5.78 Å². The van der Waals surface area contributed by atoms with Crippen LogP contribution < -0.4 is 5.32 Å². The summed E-state index contributed by atoms with van der Waals surface area (Å²) in [4.78, 5) is 34.7. The standard InChI is InChI=1S/C15H13FN2O4S/c1-9(7-13(19)14-3-2-6-23-14)17-15(20)11-5-4-10(16)8-12(11)18(21)22/h2-6,8-9H,7H2,1H3,(H,17,20). The molecule has 0 aliphatic carbocycles. The van der Waals surface area contributed by atoms with Crippen LogP contribution in [0.2, 0.25) is 0 Å². The minimum absolute atomic E-state index is 0.0707. The monoisotopic (exact) mass is 336 g/mol. The fraction of sp³-hybridized carbons (Fsp3) is 0.200. The summed E-state index contributed by atoms with van der Waals surface area (Å²) in [6.07, 6.45) is 0.0707. The molecule has 0 aliphatic heterocycles. The lowest BCUT2D eigenvalue weighted by molar-refractivity contribution is -0.385. The van der Waals surface area contributed by atoms with Crippen molar-refractivity contribution < 1.29 is 18.9 Å². The Morgan fingerprint density at radius 2 is 2.13 bits per heavy atom. The van der Waals surface area contributed by atoms with Crippen molar-refractivity contribution in [3.05, 3.63) is 62.1 Å². The molecule has 1 atom stereocenters. The van der Waals surface area contributed by atoms with Crippen LogP contribution in [0.3, 0.4) is 0 Å². The third-order valence-electron chi connectivity index (χ3n) is 3.07. The molecule has 0 radical (unpaired) electrons. The van der Waals surface area contributed by atoms with Gasteiger partial charge in [-0.25, -0.2) is 4.39 Å². The molecule has 2 rings (SSSR count). The molecular weight excluding hydrogens is 323 g/mol. The van der Waals surface area contributed by atoms with E-state index in [1.807, 2.05) is 0 Å². The average molecular weight is 336 g/mol. The zero-order valence-corrected chi connectivity index (χ0v) is 12.9. The minimum atomic E-state index is -0.820. The molecule has 2 aromatic rings. The number of ketones is 1. The van der Waals surface area contributed by atoms with Crippen molar-refractivity contribution in [3.8, 4) is 0 Å². The molecule has 120 valence electrons. The van der Waals surface area contributed by atoms with Crippen LogP contribution in [0.15, 0.2) is 35.7 Å². The number of nitrogens with zero attached hydrogens (tertiary/aromatic N) is 1. The van der Waals surface area contributed by atoms with Gasteiger partial charge in [-0.2, -0.15) is 0 Å². The highest BCUT2D eigenvalue weighted by Crippen LogP contribution is 2.20. The summed E-state index contributed by atoms with van der Waals surface area (Å²) >= 11 is 1.30. The van der Waals surface area contributed by atoms with E-state index in [2.05, 4.69) is 5.32 Å². The highest BCUT2D eigenvalue weighted by Gasteiger charge is 2.23. The van der Waals surface area contributed by atoms with Gasteiger partial charge in [0.2, 0.25) is 0 Å². The lowest BCUT2D eigenvalue weighted by Crippen LogP contribution is -2.34. The highest BCUT2D eigenvalue weighted by atomic mass is 32.1. The molecule has 1 unspecified atom stereocenters. The second-order valence-corrected chi connectivity index (χ2v) is 5.85. The van der Waals surface area contributed by atoms with Crippen LogP contribution in [-0.4, -0.2) is 22.7 Å². The molecule has 0 fully saturated rings. The summed E-state index contributed by atoms with van der Waals surface area (Å²) in [6.45, 7) is 1.62. The summed E-state index contributed by atoms with van der Waals surface area (Å²) < 4.78 is 13.1. The van der Waals surface area contributed by atoms with Gasteiger partial charge in [0.1, 0.15) is 11.4 Å². The van der Waals surface area contributed by atoms with Crippen molar-refractivity contribution in [1.29, 1.82) is 0 Å². The maximum Gasteiger partial charge on any atom is 0.285 e. The fourth-order valence-corrected chi connectivity index (χ4v) is 2.69. The number of benzene rings is 1. The Morgan fingerprint density at radius 1 is 1.39 bits per heavy atom. The lowest BCUT2D eigenvalue weighted by Gasteiger charge is -2.13. The first kappa shape index (κ1) is 16.8. The van der Waals surface area contributed by atoms with E-state index < -0.39 is 28.4 Å². The van der Waals surface area contributed by atoms with Crippen molar-refractivity contribution in [3.63, 3.8) is 0 Å². The van der Waals surface area contributed by atoms with Crippen LogP contribution in [0.4, 0.5) is 10.1 Å². The zero-order valence-electron chi connectivity index (χ0n) is 12.1. The molecule has 23 heavy (non-hydrogen) atoms. The first-order chi connectivity index (χ1) is 10.9. The third-order valence-corrected chi connectivity index (χ3v) is 3.98. The molecule has 0 saturated heterocycles. The summed E-state index contributed by atoms with van der Waals surface area (Å²) in [5, 5.41) is 15.2. The van der Waals surface area contributed by atoms with Crippen molar-refractivity contribution in [2.75, 3.05) is 0 Å². The van der Waals surface area contributed by atoms with Crippen LogP contribution in [0.25, 0.3) is 0 Å².